The number of hydroxylamine groups is 2. The van der Waals surface area contributed by atoms with Crippen molar-refractivity contribution >= 4 is 22.9 Å². The number of anilines is 1. The number of fused-ring (bicyclic) bond motifs is 3. The van der Waals surface area contributed by atoms with Gasteiger partial charge in [-0.05, 0) is 37.3 Å². The van der Waals surface area contributed by atoms with Crippen LogP contribution in [-0.2, 0) is 0 Å². The summed E-state index contributed by atoms with van der Waals surface area (Å²) < 4.78 is 5.43. The van der Waals surface area contributed by atoms with Gasteiger partial charge in [0.05, 0.1) is 12.3 Å². The van der Waals surface area contributed by atoms with Crippen molar-refractivity contribution in [2.24, 2.45) is 9.98 Å². The highest BCUT2D eigenvalue weighted by Gasteiger charge is 2.37. The van der Waals surface area contributed by atoms with Crippen molar-refractivity contribution in [3.8, 4) is 11.5 Å². The number of rotatable bonds is 3. The molecule has 0 aromatic heterocycles. The van der Waals surface area contributed by atoms with Crippen LogP contribution in [0, 0.1) is 5.21 Å². The van der Waals surface area contributed by atoms with Crippen LogP contribution < -0.4 is 14.9 Å². The summed E-state index contributed by atoms with van der Waals surface area (Å²) in [6, 6.07) is 11.5. The number of nitrogens with zero attached hydrogens (tertiary/aromatic N) is 3. The molecule has 2 aromatic carbocycles. The molecule has 8 nitrogen and oxygen atoms in total. The molecule has 0 bridgehead atoms. The van der Waals surface area contributed by atoms with Gasteiger partial charge in [0.2, 0.25) is 0 Å². The average Bonchev–Trinajstić information content (AvgIpc) is 3.16. The number of benzene rings is 2. The van der Waals surface area contributed by atoms with Gasteiger partial charge in [-0.2, -0.15) is 0 Å². The highest BCUT2D eigenvalue weighted by atomic mass is 16.5. The Labute approximate surface area is 166 Å². The van der Waals surface area contributed by atoms with Gasteiger partial charge in [0.25, 0.3) is 0 Å². The van der Waals surface area contributed by atoms with E-state index in [1.54, 1.807) is 48.6 Å². The van der Waals surface area contributed by atoms with E-state index in [2.05, 4.69) is 9.98 Å². The van der Waals surface area contributed by atoms with Crippen LogP contribution >= 0.6 is 0 Å². The van der Waals surface area contributed by atoms with Crippen molar-refractivity contribution < 1.29 is 20.1 Å². The highest BCUT2D eigenvalue weighted by molar-refractivity contribution is 6.18. The Morgan fingerprint density at radius 1 is 1.24 bits per heavy atom. The summed E-state index contributed by atoms with van der Waals surface area (Å²) in [4.78, 5) is 9.20. The number of aromatic hydroxyl groups is 1. The lowest BCUT2D eigenvalue weighted by molar-refractivity contribution is -0.729. The summed E-state index contributed by atoms with van der Waals surface area (Å²) in [5, 5.41) is 34.3. The number of hydrogen-bond donors (Lipinski definition) is 3. The zero-order valence-corrected chi connectivity index (χ0v) is 15.5. The number of aliphatic imine (C=N–C) groups is 2. The molecular weight excluding hydrogens is 372 g/mol. The molecule has 0 saturated heterocycles. The highest BCUT2D eigenvalue weighted by Crippen LogP contribution is 2.34. The average molecular weight is 390 g/mol. The molecule has 8 heteroatoms. The quantitative estimate of drug-likeness (QED) is 0.696. The molecular formula is C21H18N4O4. The molecule has 0 amide bonds. The van der Waals surface area contributed by atoms with Gasteiger partial charge in [-0.15, -0.1) is 0 Å². The molecule has 0 saturated carbocycles. The van der Waals surface area contributed by atoms with Gasteiger partial charge in [-0.3, -0.25) is 10.2 Å². The van der Waals surface area contributed by atoms with Gasteiger partial charge >= 0.3 is 0 Å². The van der Waals surface area contributed by atoms with Crippen LogP contribution in [-0.4, -0.2) is 34.5 Å². The molecule has 29 heavy (non-hydrogen) atoms. The number of ether oxygens (including phenoxy) is 1. The van der Waals surface area contributed by atoms with Crippen LogP contribution in [0.1, 0.15) is 12.5 Å². The summed E-state index contributed by atoms with van der Waals surface area (Å²) in [6.07, 6.45) is 3.42. The fraction of sp³-hybridized carbons (Fsp3) is 0.143. The standard InChI is InChI=1S/C21H18N4O4/c1-2-29-20-9-12(7-8-19(20)26)21-22-13-10-17-18(11-14(13)23-21)25(28)16-6-4-3-5-15(16)24(17)27/h3-11,13,24,26,28H,2H2,1H3. The fourth-order valence-corrected chi connectivity index (χ4v) is 3.67. The lowest BCUT2D eigenvalue weighted by atomic mass is 10.00. The molecule has 5 rings (SSSR count). The molecule has 3 N–H and O–H groups in total. The summed E-state index contributed by atoms with van der Waals surface area (Å²) in [6.45, 7) is 2.26. The van der Waals surface area contributed by atoms with Gasteiger partial charge in [-0.25, -0.2) is 10.1 Å². The van der Waals surface area contributed by atoms with E-state index in [0.717, 1.165) is 5.06 Å². The number of phenolic OH excluding ortho intramolecular Hbond substituents is 1. The fourth-order valence-electron chi connectivity index (χ4n) is 3.67. The first-order chi connectivity index (χ1) is 14.1. The zero-order chi connectivity index (χ0) is 20.1. The van der Waals surface area contributed by atoms with Crippen LogP contribution in [0.5, 0.6) is 11.5 Å². The molecule has 0 spiro atoms. The monoisotopic (exact) mass is 390 g/mol. The second-order valence-electron chi connectivity index (χ2n) is 6.82. The largest absolute Gasteiger partial charge is 0.623 e. The van der Waals surface area contributed by atoms with Crippen LogP contribution in [0.25, 0.3) is 0 Å². The number of para-hydroxylation sites is 2. The summed E-state index contributed by atoms with van der Waals surface area (Å²) in [5.74, 6) is 0.891. The van der Waals surface area contributed by atoms with Gasteiger partial charge in [-0.1, -0.05) is 12.1 Å². The van der Waals surface area contributed by atoms with E-state index in [-0.39, 0.29) is 10.8 Å². The van der Waals surface area contributed by atoms with Crippen molar-refractivity contribution in [1.29, 1.82) is 0 Å². The Morgan fingerprint density at radius 2 is 2.07 bits per heavy atom. The summed E-state index contributed by atoms with van der Waals surface area (Å²) >= 11 is 0. The number of amidine groups is 1. The first-order valence-electron chi connectivity index (χ1n) is 9.26. The SMILES string of the molecule is CCOc1cc(C2=NC3C=C4C(=CC3=N2)N(O)c2ccccc2[NH+]4[O-])ccc1O. The molecule has 0 radical (unpaired) electrons. The molecule has 3 aliphatic rings. The van der Waals surface area contributed by atoms with Crippen molar-refractivity contribution in [3.63, 3.8) is 0 Å². The predicted octanol–water partition coefficient (Wildman–Crippen LogP) is 2.07. The molecule has 2 aliphatic heterocycles. The molecule has 1 aliphatic carbocycles. The van der Waals surface area contributed by atoms with Gasteiger partial charge in [0.1, 0.15) is 17.4 Å². The van der Waals surface area contributed by atoms with Crippen molar-refractivity contribution in [2.75, 3.05) is 11.7 Å². The summed E-state index contributed by atoms with van der Waals surface area (Å²) in [5.41, 5.74) is 3.01. The van der Waals surface area contributed by atoms with E-state index in [1.807, 2.05) is 6.92 Å². The van der Waals surface area contributed by atoms with Crippen LogP contribution in [0.2, 0.25) is 0 Å². The topological polar surface area (TPSA) is 105 Å². The third-order valence-electron chi connectivity index (χ3n) is 5.05. The molecule has 2 unspecified atom stereocenters. The lowest BCUT2D eigenvalue weighted by Gasteiger charge is -2.37. The Kier molecular flexibility index (Phi) is 3.99. The maximum Gasteiger partial charge on any atom is 0.162 e. The maximum absolute atomic E-state index is 12.9. The normalized spacial score (nSPS) is 22.0. The minimum absolute atomic E-state index is 0.0498. The number of hydrogen-bond acceptors (Lipinski definition) is 7. The smallest absolute Gasteiger partial charge is 0.162 e. The van der Waals surface area contributed by atoms with E-state index in [9.17, 15) is 15.5 Å². The Balaban J connectivity index is 1.55. The summed E-state index contributed by atoms with van der Waals surface area (Å²) in [7, 11) is 0. The molecule has 2 heterocycles. The van der Waals surface area contributed by atoms with Crippen LogP contribution in [0.15, 0.2) is 76.0 Å². The van der Waals surface area contributed by atoms with E-state index in [4.69, 9.17) is 4.74 Å². The lowest BCUT2D eigenvalue weighted by Crippen LogP contribution is -3.01. The molecule has 2 atom stereocenters. The second kappa shape index (κ2) is 6.56. The van der Waals surface area contributed by atoms with Gasteiger partial charge in [0, 0.05) is 17.7 Å². The molecule has 146 valence electrons. The molecule has 0 fully saturated rings. The third kappa shape index (κ3) is 2.73. The van der Waals surface area contributed by atoms with Crippen molar-refractivity contribution in [2.45, 2.75) is 13.0 Å². The minimum atomic E-state index is -0.407. The molecule has 2 aromatic rings. The van der Waals surface area contributed by atoms with E-state index in [1.165, 1.54) is 6.07 Å². The van der Waals surface area contributed by atoms with Gasteiger partial charge < -0.3 is 20.1 Å². The first-order valence-corrected chi connectivity index (χ1v) is 9.26. The van der Waals surface area contributed by atoms with Crippen molar-refractivity contribution in [1.82, 2.24) is 0 Å². The van der Waals surface area contributed by atoms with E-state index < -0.39 is 6.04 Å². The van der Waals surface area contributed by atoms with Gasteiger partial charge in [0.15, 0.2) is 28.7 Å². The minimum Gasteiger partial charge on any atom is -0.623 e. The Bertz CT molecular complexity index is 1140. The maximum atomic E-state index is 12.9. The number of phenols is 1. The van der Waals surface area contributed by atoms with E-state index in [0.29, 0.717) is 52.2 Å². The second-order valence-corrected chi connectivity index (χ2v) is 6.82. The van der Waals surface area contributed by atoms with Crippen LogP contribution in [0.3, 0.4) is 0 Å². The Hall–Kier alpha value is -3.46. The van der Waals surface area contributed by atoms with Crippen molar-refractivity contribution in [3.05, 3.63) is 76.8 Å². The number of quaternary nitrogens is 1. The first kappa shape index (κ1) is 17.6. The zero-order valence-electron chi connectivity index (χ0n) is 15.5. The number of nitrogens with one attached hydrogen (secondary N) is 1. The Morgan fingerprint density at radius 3 is 2.90 bits per heavy atom. The third-order valence-corrected chi connectivity index (χ3v) is 5.05. The van der Waals surface area contributed by atoms with Crippen LogP contribution in [0.4, 0.5) is 11.4 Å². The predicted molar refractivity (Wildman–Crippen MR) is 108 cm³/mol. The van der Waals surface area contributed by atoms with E-state index >= 15 is 0 Å².